The van der Waals surface area contributed by atoms with Gasteiger partial charge in [-0.2, -0.15) is 13.2 Å². The highest BCUT2D eigenvalue weighted by molar-refractivity contribution is 9.11. The molecule has 0 bridgehead atoms. The fraction of sp³-hybridized carbons (Fsp3) is 0.412. The zero-order chi connectivity index (χ0) is 18.7. The van der Waals surface area contributed by atoms with Gasteiger partial charge >= 0.3 is 12.1 Å². The van der Waals surface area contributed by atoms with Crippen LogP contribution >= 0.6 is 27.3 Å². The molecule has 3 rings (SSSR count). The third-order valence-electron chi connectivity index (χ3n) is 4.15. The van der Waals surface area contributed by atoms with Crippen LogP contribution in [0.2, 0.25) is 0 Å². The van der Waals surface area contributed by atoms with Crippen molar-refractivity contribution in [3.05, 3.63) is 44.7 Å². The number of piperidine rings is 1. The fourth-order valence-corrected chi connectivity index (χ4v) is 4.12. The molecule has 2 aromatic heterocycles. The molecule has 2 aromatic rings. The summed E-state index contributed by atoms with van der Waals surface area (Å²) in [6, 6.07) is 4.15. The molecule has 0 amide bonds. The van der Waals surface area contributed by atoms with Gasteiger partial charge in [-0.3, -0.25) is 4.79 Å². The second-order valence-electron chi connectivity index (χ2n) is 6.02. The number of esters is 1. The minimum atomic E-state index is -4.48. The monoisotopic (exact) mass is 448 g/mol. The summed E-state index contributed by atoms with van der Waals surface area (Å²) in [6.45, 7) is 0.766. The SMILES string of the molecule is O=C(OCc1csc(Br)c1)[C@H]1CCCN(c2ncccc2C(F)(F)F)C1. The van der Waals surface area contributed by atoms with Crippen LogP contribution < -0.4 is 4.90 Å². The van der Waals surface area contributed by atoms with Gasteiger partial charge in [0.1, 0.15) is 12.4 Å². The normalized spacial score (nSPS) is 18.0. The average Bonchev–Trinajstić information content (AvgIpc) is 3.04. The van der Waals surface area contributed by atoms with E-state index in [0.29, 0.717) is 19.4 Å². The summed E-state index contributed by atoms with van der Waals surface area (Å²) in [6.07, 6.45) is -1.95. The number of carbonyl (C=O) groups is 1. The first-order valence-electron chi connectivity index (χ1n) is 8.01. The highest BCUT2D eigenvalue weighted by atomic mass is 79.9. The van der Waals surface area contributed by atoms with Gasteiger partial charge in [-0.1, -0.05) is 0 Å². The van der Waals surface area contributed by atoms with Crippen LogP contribution in [0, 0.1) is 5.92 Å². The lowest BCUT2D eigenvalue weighted by Gasteiger charge is -2.33. The van der Waals surface area contributed by atoms with Crippen LogP contribution in [0.1, 0.15) is 24.0 Å². The van der Waals surface area contributed by atoms with E-state index >= 15 is 0 Å². The number of hydrogen-bond donors (Lipinski definition) is 0. The molecular formula is C17H16BrF3N2O2S. The number of hydrogen-bond acceptors (Lipinski definition) is 5. The first-order valence-corrected chi connectivity index (χ1v) is 9.68. The van der Waals surface area contributed by atoms with E-state index in [1.54, 1.807) is 0 Å². The Kier molecular flexibility index (Phi) is 5.86. The van der Waals surface area contributed by atoms with Crippen LogP contribution in [-0.2, 0) is 22.3 Å². The van der Waals surface area contributed by atoms with Crippen molar-refractivity contribution in [2.75, 3.05) is 18.0 Å². The number of carbonyl (C=O) groups excluding carboxylic acids is 1. The molecule has 0 aromatic carbocycles. The molecule has 0 radical (unpaired) electrons. The Morgan fingerprint density at radius 2 is 2.27 bits per heavy atom. The maximum absolute atomic E-state index is 13.2. The van der Waals surface area contributed by atoms with E-state index in [2.05, 4.69) is 20.9 Å². The molecule has 4 nitrogen and oxygen atoms in total. The van der Waals surface area contributed by atoms with Crippen molar-refractivity contribution in [1.82, 2.24) is 4.98 Å². The van der Waals surface area contributed by atoms with Crippen molar-refractivity contribution >= 4 is 39.1 Å². The number of nitrogens with zero attached hydrogens (tertiary/aromatic N) is 2. The molecule has 0 spiro atoms. The molecule has 9 heteroatoms. The second-order valence-corrected chi connectivity index (χ2v) is 8.31. The standard InChI is InChI=1S/C17H16BrF3N2O2S/c18-14-7-11(10-26-14)9-25-16(24)12-3-2-6-23(8-12)15-13(17(19,20)21)4-1-5-22-15/h1,4-5,7,10,12H,2-3,6,8-9H2/t12-/m0/s1. The van der Waals surface area contributed by atoms with E-state index < -0.39 is 17.7 Å². The zero-order valence-corrected chi connectivity index (χ0v) is 16.0. The minimum absolute atomic E-state index is 0.126. The first-order chi connectivity index (χ1) is 12.3. The molecule has 1 aliphatic rings. The number of pyridine rings is 1. The molecule has 0 aliphatic carbocycles. The second kappa shape index (κ2) is 7.96. The number of aromatic nitrogens is 1. The van der Waals surface area contributed by atoms with Crippen LogP contribution in [0.15, 0.2) is 33.6 Å². The summed E-state index contributed by atoms with van der Waals surface area (Å²) in [5.41, 5.74) is 0.101. The molecular weight excluding hydrogens is 433 g/mol. The van der Waals surface area contributed by atoms with Crippen molar-refractivity contribution < 1.29 is 22.7 Å². The van der Waals surface area contributed by atoms with Crippen LogP contribution in [0.5, 0.6) is 0 Å². The molecule has 1 aliphatic heterocycles. The van der Waals surface area contributed by atoms with Gasteiger partial charge in [-0.25, -0.2) is 4.98 Å². The highest BCUT2D eigenvalue weighted by Crippen LogP contribution is 2.36. The maximum atomic E-state index is 13.2. The molecule has 1 fully saturated rings. The summed E-state index contributed by atoms with van der Waals surface area (Å²) >= 11 is 4.84. The van der Waals surface area contributed by atoms with Crippen molar-refractivity contribution in [3.63, 3.8) is 0 Å². The lowest BCUT2D eigenvalue weighted by Crippen LogP contribution is -2.40. The van der Waals surface area contributed by atoms with Gasteiger partial charge in [-0.05, 0) is 52.4 Å². The van der Waals surface area contributed by atoms with Gasteiger partial charge in [0.2, 0.25) is 0 Å². The number of alkyl halides is 3. The van der Waals surface area contributed by atoms with Crippen LogP contribution in [0.3, 0.4) is 0 Å². The van der Waals surface area contributed by atoms with Gasteiger partial charge in [0.15, 0.2) is 0 Å². The molecule has 0 N–H and O–H groups in total. The Labute approximate surface area is 161 Å². The van der Waals surface area contributed by atoms with Gasteiger partial charge in [0, 0.05) is 24.8 Å². The minimum Gasteiger partial charge on any atom is -0.461 e. The quantitative estimate of drug-likeness (QED) is 0.624. The third kappa shape index (κ3) is 4.56. The van der Waals surface area contributed by atoms with Gasteiger partial charge in [0.05, 0.1) is 15.3 Å². The predicted molar refractivity (Wildman–Crippen MR) is 96.0 cm³/mol. The maximum Gasteiger partial charge on any atom is 0.419 e. The van der Waals surface area contributed by atoms with Crippen LogP contribution in [0.4, 0.5) is 19.0 Å². The Hall–Kier alpha value is -1.61. The average molecular weight is 449 g/mol. The molecule has 1 atom stereocenters. The summed E-state index contributed by atoms with van der Waals surface area (Å²) in [5.74, 6) is -0.977. The van der Waals surface area contributed by atoms with E-state index in [1.165, 1.54) is 28.5 Å². The topological polar surface area (TPSA) is 42.4 Å². The van der Waals surface area contributed by atoms with Crippen LogP contribution in [0.25, 0.3) is 0 Å². The fourth-order valence-electron chi connectivity index (χ4n) is 2.93. The number of halogens is 4. The van der Waals surface area contributed by atoms with Crippen molar-refractivity contribution in [2.24, 2.45) is 5.92 Å². The van der Waals surface area contributed by atoms with E-state index in [9.17, 15) is 18.0 Å². The predicted octanol–water partition coefficient (Wildman–Crippen LogP) is 4.88. The van der Waals surface area contributed by atoms with Gasteiger partial charge in [-0.15, -0.1) is 11.3 Å². The Morgan fingerprint density at radius 3 is 2.96 bits per heavy atom. The largest absolute Gasteiger partial charge is 0.461 e. The summed E-state index contributed by atoms with van der Waals surface area (Å²) in [7, 11) is 0. The van der Waals surface area contributed by atoms with Gasteiger partial charge < -0.3 is 9.64 Å². The van der Waals surface area contributed by atoms with Crippen molar-refractivity contribution in [1.29, 1.82) is 0 Å². The molecule has 0 saturated carbocycles. The van der Waals surface area contributed by atoms with Crippen molar-refractivity contribution in [3.8, 4) is 0 Å². The lowest BCUT2D eigenvalue weighted by atomic mass is 9.97. The smallest absolute Gasteiger partial charge is 0.419 e. The summed E-state index contributed by atoms with van der Waals surface area (Å²) < 4.78 is 45.9. The van der Waals surface area contributed by atoms with Crippen molar-refractivity contribution in [2.45, 2.75) is 25.6 Å². The Bertz CT molecular complexity index is 781. The molecule has 1 saturated heterocycles. The molecule has 3 heterocycles. The molecule has 140 valence electrons. The molecule has 26 heavy (non-hydrogen) atoms. The summed E-state index contributed by atoms with van der Waals surface area (Å²) in [5, 5.41) is 1.88. The van der Waals surface area contributed by atoms with Crippen LogP contribution in [-0.4, -0.2) is 24.0 Å². The first kappa shape index (κ1) is 19.2. The van der Waals surface area contributed by atoms with E-state index in [0.717, 1.165) is 15.4 Å². The Morgan fingerprint density at radius 1 is 1.46 bits per heavy atom. The van der Waals surface area contributed by atoms with Gasteiger partial charge in [0.25, 0.3) is 0 Å². The highest BCUT2D eigenvalue weighted by Gasteiger charge is 2.37. The number of thiophene rings is 1. The summed E-state index contributed by atoms with van der Waals surface area (Å²) in [4.78, 5) is 17.8. The number of rotatable bonds is 4. The van der Waals surface area contributed by atoms with E-state index in [4.69, 9.17) is 4.74 Å². The number of anilines is 1. The van der Waals surface area contributed by atoms with E-state index in [1.807, 2.05) is 11.4 Å². The number of ether oxygens (including phenoxy) is 1. The lowest BCUT2D eigenvalue weighted by molar-refractivity contribution is -0.150. The zero-order valence-electron chi connectivity index (χ0n) is 13.6. The van der Waals surface area contributed by atoms with E-state index in [-0.39, 0.29) is 24.9 Å². The Balaban J connectivity index is 1.67. The third-order valence-corrected chi connectivity index (χ3v) is 5.70. The molecule has 0 unspecified atom stereocenters.